The molecule has 1 saturated heterocycles. The standard InChI is InChI=1S/C19H18N2O7S/c22-18(11-13-3-1-2-4-17(13)21(24)25)20-15-5-7-16(8-6-15)29(26,27)12-14-9-10-28-19(14)23/h1-8,14H,9-12H2,(H,20,22). The molecule has 1 amide bonds. The number of benzene rings is 2. The lowest BCUT2D eigenvalue weighted by Gasteiger charge is -2.09. The topological polar surface area (TPSA) is 133 Å². The Hall–Kier alpha value is -3.27. The molecule has 2 aromatic carbocycles. The van der Waals surface area contributed by atoms with E-state index < -0.39 is 32.6 Å². The second-order valence-corrected chi connectivity index (χ2v) is 8.60. The van der Waals surface area contributed by atoms with Gasteiger partial charge in [-0.05, 0) is 30.7 Å². The van der Waals surface area contributed by atoms with Gasteiger partial charge in [0.2, 0.25) is 5.91 Å². The van der Waals surface area contributed by atoms with Gasteiger partial charge in [0.25, 0.3) is 5.69 Å². The lowest BCUT2D eigenvalue weighted by molar-refractivity contribution is -0.385. The van der Waals surface area contributed by atoms with Crippen molar-refractivity contribution in [2.45, 2.75) is 17.7 Å². The van der Waals surface area contributed by atoms with Crippen LogP contribution >= 0.6 is 0 Å². The van der Waals surface area contributed by atoms with Crippen LogP contribution in [0, 0.1) is 16.0 Å². The van der Waals surface area contributed by atoms with Crippen molar-refractivity contribution >= 4 is 33.1 Å². The summed E-state index contributed by atoms with van der Waals surface area (Å²) in [7, 11) is -3.67. The van der Waals surface area contributed by atoms with Gasteiger partial charge in [0.15, 0.2) is 9.84 Å². The summed E-state index contributed by atoms with van der Waals surface area (Å²) >= 11 is 0. The fourth-order valence-electron chi connectivity index (χ4n) is 3.01. The third-order valence-electron chi connectivity index (χ3n) is 4.50. The van der Waals surface area contributed by atoms with Crippen molar-refractivity contribution in [2.75, 3.05) is 17.7 Å². The molecule has 1 aliphatic rings. The number of para-hydroxylation sites is 1. The number of amides is 1. The van der Waals surface area contributed by atoms with Crippen LogP contribution in [0.1, 0.15) is 12.0 Å². The predicted octanol–water partition coefficient (Wildman–Crippen LogP) is 2.11. The molecule has 0 radical (unpaired) electrons. The molecule has 0 aromatic heterocycles. The Balaban J connectivity index is 1.65. The summed E-state index contributed by atoms with van der Waals surface area (Å²) < 4.78 is 29.7. The van der Waals surface area contributed by atoms with Gasteiger partial charge in [-0.25, -0.2) is 8.42 Å². The predicted molar refractivity (Wildman–Crippen MR) is 103 cm³/mol. The maximum absolute atomic E-state index is 12.5. The summed E-state index contributed by atoms with van der Waals surface area (Å²) in [5.41, 5.74) is 0.486. The average Bonchev–Trinajstić information content (AvgIpc) is 3.06. The minimum absolute atomic E-state index is 0.0360. The molecule has 0 spiro atoms. The fourth-order valence-corrected chi connectivity index (χ4v) is 4.59. The van der Waals surface area contributed by atoms with Crippen LogP contribution in [0.3, 0.4) is 0 Å². The minimum atomic E-state index is -3.67. The summed E-state index contributed by atoms with van der Waals surface area (Å²) in [6.07, 6.45) is 0.179. The number of esters is 1. The highest BCUT2D eigenvalue weighted by Crippen LogP contribution is 2.23. The summed E-state index contributed by atoms with van der Waals surface area (Å²) in [6, 6.07) is 11.5. The van der Waals surface area contributed by atoms with E-state index in [-0.39, 0.29) is 34.9 Å². The van der Waals surface area contributed by atoms with Crippen LogP contribution in [-0.2, 0) is 30.6 Å². The Labute approximate surface area is 166 Å². The fraction of sp³-hybridized carbons (Fsp3) is 0.263. The second kappa shape index (κ2) is 8.39. The van der Waals surface area contributed by atoms with Crippen molar-refractivity contribution in [3.05, 3.63) is 64.2 Å². The first-order valence-electron chi connectivity index (χ1n) is 8.78. The largest absolute Gasteiger partial charge is 0.465 e. The number of anilines is 1. The Morgan fingerprint density at radius 1 is 1.17 bits per heavy atom. The van der Waals surface area contributed by atoms with Crippen LogP contribution in [0.2, 0.25) is 0 Å². The van der Waals surface area contributed by atoms with E-state index in [9.17, 15) is 28.1 Å². The zero-order chi connectivity index (χ0) is 21.0. The smallest absolute Gasteiger partial charge is 0.310 e. The van der Waals surface area contributed by atoms with Crippen molar-refractivity contribution in [2.24, 2.45) is 5.92 Å². The molecule has 9 nitrogen and oxygen atoms in total. The second-order valence-electron chi connectivity index (χ2n) is 6.57. The van der Waals surface area contributed by atoms with Gasteiger partial charge in [0.1, 0.15) is 0 Å². The molecule has 1 unspecified atom stereocenters. The molecule has 3 rings (SSSR count). The molecule has 10 heteroatoms. The Kier molecular flexibility index (Phi) is 5.92. The highest BCUT2D eigenvalue weighted by atomic mass is 32.2. The van der Waals surface area contributed by atoms with Gasteiger partial charge in [-0.3, -0.25) is 19.7 Å². The highest BCUT2D eigenvalue weighted by molar-refractivity contribution is 7.91. The van der Waals surface area contributed by atoms with Crippen LogP contribution in [0.5, 0.6) is 0 Å². The molecule has 29 heavy (non-hydrogen) atoms. The number of cyclic esters (lactones) is 1. The van der Waals surface area contributed by atoms with Crippen LogP contribution in [0.4, 0.5) is 11.4 Å². The third-order valence-corrected chi connectivity index (χ3v) is 6.33. The van der Waals surface area contributed by atoms with E-state index in [4.69, 9.17) is 4.74 Å². The lowest BCUT2D eigenvalue weighted by atomic mass is 10.1. The number of nitro benzene ring substituents is 1. The van der Waals surface area contributed by atoms with Gasteiger partial charge in [-0.1, -0.05) is 18.2 Å². The number of nitro groups is 1. The van der Waals surface area contributed by atoms with Crippen molar-refractivity contribution < 1.29 is 27.7 Å². The maximum Gasteiger partial charge on any atom is 0.310 e. The molecule has 0 aliphatic carbocycles. The molecular weight excluding hydrogens is 400 g/mol. The normalized spacial score (nSPS) is 16.3. The Bertz CT molecular complexity index is 1050. The van der Waals surface area contributed by atoms with Crippen molar-refractivity contribution in [3.8, 4) is 0 Å². The number of hydrogen-bond donors (Lipinski definition) is 1. The molecule has 152 valence electrons. The highest BCUT2D eigenvalue weighted by Gasteiger charge is 2.32. The third kappa shape index (κ3) is 4.96. The van der Waals surface area contributed by atoms with Crippen molar-refractivity contribution in [1.29, 1.82) is 0 Å². The molecule has 1 N–H and O–H groups in total. The van der Waals surface area contributed by atoms with Gasteiger partial charge >= 0.3 is 5.97 Å². The number of nitrogens with one attached hydrogen (secondary N) is 1. The molecule has 1 atom stereocenters. The molecule has 0 bridgehead atoms. The molecule has 1 aliphatic heterocycles. The quantitative estimate of drug-likeness (QED) is 0.414. The summed E-state index contributed by atoms with van der Waals surface area (Å²) in [4.78, 5) is 34.2. The SMILES string of the molecule is O=C(Cc1ccccc1[N+](=O)[O-])Nc1ccc(S(=O)(=O)CC2CCOC2=O)cc1. The van der Waals surface area contributed by atoms with Gasteiger partial charge in [-0.15, -0.1) is 0 Å². The maximum atomic E-state index is 12.5. The first-order valence-corrected chi connectivity index (χ1v) is 10.4. The summed E-state index contributed by atoms with van der Waals surface area (Å²) in [6.45, 7) is 0.226. The summed E-state index contributed by atoms with van der Waals surface area (Å²) in [5, 5.41) is 13.6. The average molecular weight is 418 g/mol. The van der Waals surface area contributed by atoms with Crippen molar-refractivity contribution in [1.82, 2.24) is 0 Å². The van der Waals surface area contributed by atoms with E-state index in [2.05, 4.69) is 5.32 Å². The monoisotopic (exact) mass is 418 g/mol. The lowest BCUT2D eigenvalue weighted by Crippen LogP contribution is -2.20. The number of sulfone groups is 1. The van der Waals surface area contributed by atoms with Crippen LogP contribution in [0.25, 0.3) is 0 Å². The zero-order valence-electron chi connectivity index (χ0n) is 15.2. The molecule has 0 saturated carbocycles. The first kappa shape index (κ1) is 20.5. The van der Waals surface area contributed by atoms with E-state index in [1.54, 1.807) is 6.07 Å². The van der Waals surface area contributed by atoms with Gasteiger partial charge in [0, 0.05) is 17.3 Å². The van der Waals surface area contributed by atoms with Crippen LogP contribution in [0.15, 0.2) is 53.4 Å². The van der Waals surface area contributed by atoms with Gasteiger partial charge in [-0.2, -0.15) is 0 Å². The van der Waals surface area contributed by atoms with Crippen LogP contribution in [-0.4, -0.2) is 37.6 Å². The number of carbonyl (C=O) groups excluding carboxylic acids is 2. The van der Waals surface area contributed by atoms with E-state index in [0.29, 0.717) is 12.1 Å². The number of nitrogens with zero attached hydrogens (tertiary/aromatic N) is 1. The van der Waals surface area contributed by atoms with E-state index in [0.717, 1.165) is 0 Å². The Morgan fingerprint density at radius 3 is 2.48 bits per heavy atom. The number of hydrogen-bond acceptors (Lipinski definition) is 7. The van der Waals surface area contributed by atoms with E-state index >= 15 is 0 Å². The number of carbonyl (C=O) groups is 2. The number of rotatable bonds is 7. The molecular formula is C19H18N2O7S. The van der Waals surface area contributed by atoms with Gasteiger partial charge < -0.3 is 10.1 Å². The first-order chi connectivity index (χ1) is 13.8. The molecule has 2 aromatic rings. The van der Waals surface area contributed by atoms with E-state index in [1.165, 1.54) is 42.5 Å². The molecule has 1 fully saturated rings. The number of ether oxygens (including phenoxy) is 1. The zero-order valence-corrected chi connectivity index (χ0v) is 16.1. The van der Waals surface area contributed by atoms with Crippen molar-refractivity contribution in [3.63, 3.8) is 0 Å². The van der Waals surface area contributed by atoms with Crippen LogP contribution < -0.4 is 5.32 Å². The summed E-state index contributed by atoms with van der Waals surface area (Å²) in [5.74, 6) is -1.97. The molecule has 1 heterocycles. The Morgan fingerprint density at radius 2 is 1.86 bits per heavy atom. The minimum Gasteiger partial charge on any atom is -0.465 e. The van der Waals surface area contributed by atoms with E-state index in [1.807, 2.05) is 0 Å². The van der Waals surface area contributed by atoms with Gasteiger partial charge in [0.05, 0.1) is 34.5 Å².